The van der Waals surface area contributed by atoms with E-state index in [1.165, 1.54) is 38.5 Å². The van der Waals surface area contributed by atoms with Gasteiger partial charge in [0.25, 0.3) is 5.91 Å². The second kappa shape index (κ2) is 13.2. The van der Waals surface area contributed by atoms with Crippen LogP contribution >= 0.6 is 36.7 Å². The number of benzene rings is 2. The van der Waals surface area contributed by atoms with Crippen LogP contribution in [0, 0.1) is 16.4 Å². The van der Waals surface area contributed by atoms with Gasteiger partial charge in [-0.15, -0.1) is 0 Å². The molecule has 0 radical (unpaired) electrons. The fraction of sp³-hybridized carbons (Fsp3) is 0.111. The Morgan fingerprint density at radius 2 is 1.66 bits per heavy atom. The molecule has 170 valence electrons. The first-order valence-electron chi connectivity index (χ1n) is 8.34. The van der Waals surface area contributed by atoms with Crippen molar-refractivity contribution in [2.45, 2.75) is 0 Å². The van der Waals surface area contributed by atoms with E-state index < -0.39 is 17.5 Å². The number of carbonyl (C=O) groups excluding carboxylic acids is 1. The van der Waals surface area contributed by atoms with Crippen LogP contribution in [-0.2, 0) is 0 Å². The molecule has 0 bridgehead atoms. The Hall–Kier alpha value is -3.29. The van der Waals surface area contributed by atoms with Gasteiger partial charge in [-0.05, 0) is 60.9 Å². The molecule has 1 aromatic heterocycles. The number of ether oxygens (including phenoxy) is 2. The molecule has 0 fully saturated rings. The summed E-state index contributed by atoms with van der Waals surface area (Å²) < 4.78 is 39.7. The molecule has 14 heteroatoms. The number of nitrogen functional groups attached to an aromatic ring is 2. The maximum Gasteiger partial charge on any atom is 0.268 e. The lowest BCUT2D eigenvalue weighted by atomic mass is 10.2. The van der Waals surface area contributed by atoms with Crippen LogP contribution < -0.4 is 26.6 Å². The number of aromatic nitrogens is 3. The van der Waals surface area contributed by atoms with Crippen LogP contribution in [0.3, 0.4) is 0 Å². The Labute approximate surface area is 197 Å². The molecule has 1 heterocycles. The molecule has 0 aliphatic rings. The number of hydrogen-bond donors (Lipinski definition) is 4. The molecule has 3 aromatic rings. The number of methoxy groups -OCH3 is 2. The van der Waals surface area contributed by atoms with Gasteiger partial charge < -0.3 is 15.3 Å². The quantitative estimate of drug-likeness (QED) is 0.185. The molecular weight excluding hydrogens is 482 g/mol. The summed E-state index contributed by atoms with van der Waals surface area (Å²) in [6.45, 7) is 0. The number of amides is 1. The molecule has 0 unspecified atom stereocenters. The smallest absolute Gasteiger partial charge is 0.268 e. The fourth-order valence-corrected chi connectivity index (χ4v) is 2.32. The van der Waals surface area contributed by atoms with E-state index in [1.54, 1.807) is 6.07 Å². The molecule has 1 amide bonds. The summed E-state index contributed by atoms with van der Waals surface area (Å²) in [4.78, 5) is 10.9. The highest BCUT2D eigenvalue weighted by molar-refractivity contribution is 7.93. The summed E-state index contributed by atoms with van der Waals surface area (Å²) >= 11 is 12.8. The Morgan fingerprint density at radius 3 is 2.06 bits per heavy atom. The predicted octanol–water partition coefficient (Wildman–Crippen LogP) is 2.93. The van der Waals surface area contributed by atoms with Gasteiger partial charge in [0.05, 0.1) is 25.3 Å². The van der Waals surface area contributed by atoms with Crippen LogP contribution in [-0.4, -0.2) is 39.3 Å². The highest BCUT2D eigenvalue weighted by atomic mass is 32.1. The first kappa shape index (κ1) is 26.7. The lowest BCUT2D eigenvalue weighted by Crippen LogP contribution is -2.30. The van der Waals surface area contributed by atoms with Gasteiger partial charge >= 0.3 is 0 Å². The minimum Gasteiger partial charge on any atom is -0.497 e. The van der Waals surface area contributed by atoms with E-state index in [-0.39, 0.29) is 21.7 Å². The molecule has 0 saturated carbocycles. The molecule has 6 N–H and O–H groups in total. The molecule has 0 spiro atoms. The van der Waals surface area contributed by atoms with Gasteiger partial charge in [0.15, 0.2) is 5.82 Å². The molecule has 0 aliphatic heterocycles. The molecule has 32 heavy (non-hydrogen) atoms. The number of hydrogen-bond acceptors (Lipinski definition) is 9. The highest BCUT2D eigenvalue weighted by Gasteiger charge is 2.12. The summed E-state index contributed by atoms with van der Waals surface area (Å²) in [6.07, 6.45) is 0. The van der Waals surface area contributed by atoms with Crippen LogP contribution in [0.25, 0.3) is 11.4 Å². The molecule has 0 saturated heterocycles. The van der Waals surface area contributed by atoms with E-state index in [4.69, 9.17) is 33.4 Å². The lowest BCUT2D eigenvalue weighted by Gasteiger charge is -2.04. The van der Waals surface area contributed by atoms with Crippen molar-refractivity contribution in [3.63, 3.8) is 0 Å². The van der Waals surface area contributed by atoms with E-state index in [2.05, 4.69) is 34.6 Å². The number of nitrogens with zero attached hydrogens (tertiary/aromatic N) is 2. The average molecular weight is 501 g/mol. The van der Waals surface area contributed by atoms with Gasteiger partial charge in [-0.3, -0.25) is 10.2 Å². The van der Waals surface area contributed by atoms with Crippen molar-refractivity contribution in [1.29, 1.82) is 0 Å². The third-order valence-electron chi connectivity index (χ3n) is 3.67. The largest absolute Gasteiger partial charge is 0.497 e. The Balaban J connectivity index is 0.000000291. The van der Waals surface area contributed by atoms with Gasteiger partial charge in [-0.2, -0.15) is 5.10 Å². The lowest BCUT2D eigenvalue weighted by molar-refractivity contribution is 0.0949. The number of hydrazine groups is 1. The summed E-state index contributed by atoms with van der Waals surface area (Å²) in [5.41, 5.74) is 1.99. The van der Waals surface area contributed by atoms with Crippen LogP contribution in [0.4, 0.5) is 8.78 Å². The Kier molecular flexibility index (Phi) is 11.0. The summed E-state index contributed by atoms with van der Waals surface area (Å²) in [5, 5.41) is 6.33. The number of carbonyl (C=O) groups is 1. The third-order valence-corrected chi connectivity index (χ3v) is 3.96. The number of rotatable bonds is 4. The first-order valence-corrected chi connectivity index (χ1v) is 9.56. The molecule has 0 atom stereocenters. The maximum absolute atomic E-state index is 13.7. The van der Waals surface area contributed by atoms with Crippen molar-refractivity contribution < 1.29 is 23.0 Å². The van der Waals surface area contributed by atoms with Gasteiger partial charge in [-0.1, -0.05) is 0 Å². The second-order valence-corrected chi connectivity index (χ2v) is 6.52. The van der Waals surface area contributed by atoms with Gasteiger partial charge in [-0.25, -0.2) is 24.4 Å². The van der Waals surface area contributed by atoms with Crippen LogP contribution in [0.1, 0.15) is 10.4 Å². The number of thiocarbonyl (C=S) groups is 2. The van der Waals surface area contributed by atoms with Gasteiger partial charge in [0.1, 0.15) is 23.1 Å². The highest BCUT2D eigenvalue weighted by Crippen LogP contribution is 2.23. The van der Waals surface area contributed by atoms with E-state index >= 15 is 0 Å². The molecule has 9 nitrogen and oxygen atoms in total. The fourth-order valence-electron chi connectivity index (χ4n) is 2.18. The molecule has 2 aromatic carbocycles. The number of nitrogens with two attached hydrogens (primary N) is 2. The topological polar surface area (TPSA) is 133 Å². The third kappa shape index (κ3) is 7.14. The monoisotopic (exact) mass is 500 g/mol. The zero-order valence-corrected chi connectivity index (χ0v) is 19.2. The number of aromatic amines is 1. The Bertz CT molecular complexity index is 1160. The zero-order chi connectivity index (χ0) is 24.3. The van der Waals surface area contributed by atoms with Crippen molar-refractivity contribution in [2.24, 2.45) is 5.84 Å². The molecule has 3 rings (SSSR count). The van der Waals surface area contributed by atoms with E-state index in [0.717, 1.165) is 10.7 Å². The minimum atomic E-state index is -0.667. The van der Waals surface area contributed by atoms with Crippen molar-refractivity contribution in [3.05, 3.63) is 58.4 Å². The Morgan fingerprint density at radius 1 is 1.12 bits per heavy atom. The first-order chi connectivity index (χ1) is 15.2. The molecule has 0 aliphatic carbocycles. The van der Waals surface area contributed by atoms with E-state index in [0.29, 0.717) is 11.5 Å². The second-order valence-electron chi connectivity index (χ2n) is 5.47. The van der Waals surface area contributed by atoms with Gasteiger partial charge in [0.2, 0.25) is 4.77 Å². The summed E-state index contributed by atoms with van der Waals surface area (Å²) in [6, 6.07) is 8.31. The average Bonchev–Trinajstić information content (AvgIpc) is 3.12. The van der Waals surface area contributed by atoms with E-state index in [9.17, 15) is 13.6 Å². The summed E-state index contributed by atoms with van der Waals surface area (Å²) in [5.74, 6) is 9.66. The van der Waals surface area contributed by atoms with Crippen LogP contribution in [0.5, 0.6) is 11.5 Å². The SMILES string of the molecule is COc1ccc(-c2n[nH]c(=S)n2N)c(F)c1.COc1ccc(C(=O)NN)c(F)c1.S=C=S. The number of halogens is 2. The predicted molar refractivity (Wildman–Crippen MR) is 124 cm³/mol. The van der Waals surface area contributed by atoms with Crippen molar-refractivity contribution in [3.8, 4) is 22.9 Å². The van der Waals surface area contributed by atoms with Gasteiger partial charge in [0, 0.05) is 16.4 Å². The summed E-state index contributed by atoms with van der Waals surface area (Å²) in [7, 11) is 2.88. The van der Waals surface area contributed by atoms with E-state index in [1.807, 2.05) is 9.74 Å². The minimum absolute atomic E-state index is 0.108. The van der Waals surface area contributed by atoms with Crippen molar-refractivity contribution in [1.82, 2.24) is 20.3 Å². The van der Waals surface area contributed by atoms with Crippen molar-refractivity contribution in [2.75, 3.05) is 20.1 Å². The standard InChI is InChI=1S/C9H9FN4OS.C8H9FN2O2.CS2/c1-15-5-2-3-6(7(10)4-5)8-12-13-9(16)14(8)11;1-13-5-2-3-6(7(9)4-5)8(12)11-10;2-1-3/h2-4H,11H2,1H3,(H,13,16);2-4H,10H2,1H3,(H,11,12);. The van der Waals surface area contributed by atoms with Crippen LogP contribution in [0.2, 0.25) is 0 Å². The maximum atomic E-state index is 13.7. The normalized spacial score (nSPS) is 9.28. The zero-order valence-electron chi connectivity index (χ0n) is 16.7. The van der Waals surface area contributed by atoms with Crippen LogP contribution in [0.15, 0.2) is 36.4 Å². The van der Waals surface area contributed by atoms with Crippen molar-refractivity contribution >= 4 is 46.9 Å². The molecular formula is C18H18F2N6O3S3. The number of nitrogens with one attached hydrogen (secondary N) is 2. The number of H-pyrrole nitrogens is 1.